The molecule has 3 atom stereocenters. The molecule has 0 aromatic rings. The first-order valence-corrected chi connectivity index (χ1v) is 8.52. The summed E-state index contributed by atoms with van der Waals surface area (Å²) in [5.41, 5.74) is 0. The number of carbonyl (C=O) groups is 1. The smallest absolute Gasteiger partial charge is 0.356 e. The fourth-order valence-corrected chi connectivity index (χ4v) is 3.92. The number of rotatable bonds is 4. The quantitative estimate of drug-likeness (QED) is 0.864. The summed E-state index contributed by atoms with van der Waals surface area (Å²) >= 11 is 0. The third-order valence-corrected chi connectivity index (χ3v) is 5.45. The second-order valence-corrected chi connectivity index (χ2v) is 7.23. The maximum absolute atomic E-state index is 12.8. The lowest BCUT2D eigenvalue weighted by Crippen LogP contribution is -2.39. The minimum Gasteiger partial charge on any atom is -0.356 e. The lowest BCUT2D eigenvalue weighted by molar-refractivity contribution is -0.186. The van der Waals surface area contributed by atoms with Crippen molar-refractivity contribution in [3.05, 3.63) is 0 Å². The third-order valence-electron chi connectivity index (χ3n) is 5.45. The van der Waals surface area contributed by atoms with E-state index in [0.717, 1.165) is 25.6 Å². The Bertz CT molecular complexity index is 409. The molecule has 3 rings (SSSR count). The predicted molar refractivity (Wildman–Crippen MR) is 77.2 cm³/mol. The van der Waals surface area contributed by atoms with E-state index in [9.17, 15) is 18.0 Å². The van der Waals surface area contributed by atoms with E-state index in [1.54, 1.807) is 0 Å². The molecule has 3 nitrogen and oxygen atoms in total. The first kappa shape index (κ1) is 16.1. The molecule has 0 aromatic heterocycles. The van der Waals surface area contributed by atoms with Crippen molar-refractivity contribution in [3.8, 4) is 0 Å². The van der Waals surface area contributed by atoms with Gasteiger partial charge in [-0.3, -0.25) is 4.79 Å². The Morgan fingerprint density at radius 2 is 1.91 bits per heavy atom. The standard InChI is InChI=1S/C16H25F3N2O/c17-16(18,19)13-3-1-2-12(8-13)15(22)20-9-11-6-7-21(10-11)14-4-5-14/h11-14H,1-10H2,(H,20,22). The molecule has 0 aromatic carbocycles. The van der Waals surface area contributed by atoms with Crippen LogP contribution >= 0.6 is 0 Å². The molecule has 0 bridgehead atoms. The van der Waals surface area contributed by atoms with E-state index < -0.39 is 18.0 Å². The minimum atomic E-state index is -4.16. The second-order valence-electron chi connectivity index (χ2n) is 7.23. The molecule has 1 amide bonds. The van der Waals surface area contributed by atoms with Crippen LogP contribution in [-0.2, 0) is 4.79 Å². The van der Waals surface area contributed by atoms with Crippen LogP contribution in [0.15, 0.2) is 0 Å². The number of nitrogens with one attached hydrogen (secondary N) is 1. The van der Waals surface area contributed by atoms with Gasteiger partial charge >= 0.3 is 6.18 Å². The SMILES string of the molecule is O=C(NCC1CCN(C2CC2)C1)C1CCCC(C(F)(F)F)C1. The van der Waals surface area contributed by atoms with Gasteiger partial charge in [0.2, 0.25) is 5.91 Å². The second kappa shape index (κ2) is 6.38. The molecule has 3 unspecified atom stereocenters. The number of hydrogen-bond donors (Lipinski definition) is 1. The van der Waals surface area contributed by atoms with Crippen LogP contribution in [0.3, 0.4) is 0 Å². The molecule has 1 saturated heterocycles. The Balaban J connectivity index is 1.41. The zero-order valence-electron chi connectivity index (χ0n) is 12.9. The van der Waals surface area contributed by atoms with Crippen molar-refractivity contribution in [2.24, 2.45) is 17.8 Å². The molecule has 1 N–H and O–H groups in total. The monoisotopic (exact) mass is 318 g/mol. The van der Waals surface area contributed by atoms with Crippen molar-refractivity contribution in [2.75, 3.05) is 19.6 Å². The van der Waals surface area contributed by atoms with Gasteiger partial charge in [0.05, 0.1) is 5.92 Å². The summed E-state index contributed by atoms with van der Waals surface area (Å²) in [5.74, 6) is -1.46. The highest BCUT2D eigenvalue weighted by molar-refractivity contribution is 5.78. The van der Waals surface area contributed by atoms with Gasteiger partial charge in [0.15, 0.2) is 0 Å². The Morgan fingerprint density at radius 1 is 1.14 bits per heavy atom. The van der Waals surface area contributed by atoms with Crippen LogP contribution in [0.4, 0.5) is 13.2 Å². The zero-order chi connectivity index (χ0) is 15.7. The summed E-state index contributed by atoms with van der Waals surface area (Å²) in [4.78, 5) is 14.6. The van der Waals surface area contributed by atoms with Crippen molar-refractivity contribution < 1.29 is 18.0 Å². The van der Waals surface area contributed by atoms with Crippen molar-refractivity contribution in [1.29, 1.82) is 0 Å². The Kier molecular flexibility index (Phi) is 4.67. The first-order valence-electron chi connectivity index (χ1n) is 8.52. The molecule has 22 heavy (non-hydrogen) atoms. The van der Waals surface area contributed by atoms with Gasteiger partial charge in [-0.1, -0.05) is 6.42 Å². The van der Waals surface area contributed by atoms with E-state index >= 15 is 0 Å². The number of likely N-dealkylation sites (tertiary alicyclic amines) is 1. The third kappa shape index (κ3) is 3.94. The Hall–Kier alpha value is -0.780. The molecule has 3 aliphatic rings. The molecule has 6 heteroatoms. The van der Waals surface area contributed by atoms with Crippen LogP contribution in [-0.4, -0.2) is 42.7 Å². The van der Waals surface area contributed by atoms with Gasteiger partial charge < -0.3 is 10.2 Å². The van der Waals surface area contributed by atoms with Gasteiger partial charge in [-0.15, -0.1) is 0 Å². The summed E-state index contributed by atoms with van der Waals surface area (Å²) in [6, 6.07) is 0.756. The normalized spacial score (nSPS) is 33.9. The molecule has 126 valence electrons. The largest absolute Gasteiger partial charge is 0.391 e. The number of hydrogen-bond acceptors (Lipinski definition) is 2. The highest BCUT2D eigenvalue weighted by Crippen LogP contribution is 2.40. The fourth-order valence-electron chi connectivity index (χ4n) is 3.92. The molecule has 3 fully saturated rings. The molecule has 1 aliphatic heterocycles. The molecule has 1 heterocycles. The van der Waals surface area contributed by atoms with Gasteiger partial charge in [0.25, 0.3) is 0 Å². The van der Waals surface area contributed by atoms with Crippen molar-refractivity contribution >= 4 is 5.91 Å². The van der Waals surface area contributed by atoms with Gasteiger partial charge in [0, 0.05) is 25.0 Å². The maximum Gasteiger partial charge on any atom is 0.391 e. The summed E-state index contributed by atoms with van der Waals surface area (Å²) < 4.78 is 38.4. The zero-order valence-corrected chi connectivity index (χ0v) is 12.9. The van der Waals surface area contributed by atoms with Crippen LogP contribution in [0.5, 0.6) is 0 Å². The van der Waals surface area contributed by atoms with Crippen molar-refractivity contribution in [3.63, 3.8) is 0 Å². The molecular formula is C16H25F3N2O. The predicted octanol–water partition coefficient (Wildman–Crippen LogP) is 2.96. The average Bonchev–Trinajstić information content (AvgIpc) is 3.23. The molecule has 2 saturated carbocycles. The van der Waals surface area contributed by atoms with Crippen molar-refractivity contribution in [1.82, 2.24) is 10.2 Å². The number of carbonyl (C=O) groups excluding carboxylic acids is 1. The highest BCUT2D eigenvalue weighted by atomic mass is 19.4. The topological polar surface area (TPSA) is 32.3 Å². The summed E-state index contributed by atoms with van der Waals surface area (Å²) in [7, 11) is 0. The lowest BCUT2D eigenvalue weighted by Gasteiger charge is -2.30. The Morgan fingerprint density at radius 3 is 2.59 bits per heavy atom. The van der Waals surface area contributed by atoms with Crippen LogP contribution in [0.2, 0.25) is 0 Å². The number of nitrogens with zero attached hydrogens (tertiary/aromatic N) is 1. The minimum absolute atomic E-state index is 0.0335. The van der Waals surface area contributed by atoms with Gasteiger partial charge in [-0.25, -0.2) is 0 Å². The van der Waals surface area contributed by atoms with Gasteiger partial charge in [0.1, 0.15) is 0 Å². The first-order chi connectivity index (χ1) is 10.4. The van der Waals surface area contributed by atoms with Gasteiger partial charge in [-0.2, -0.15) is 13.2 Å². The highest BCUT2D eigenvalue weighted by Gasteiger charge is 2.43. The van der Waals surface area contributed by atoms with E-state index in [-0.39, 0.29) is 18.7 Å². The average molecular weight is 318 g/mol. The molecular weight excluding hydrogens is 293 g/mol. The van der Waals surface area contributed by atoms with Crippen LogP contribution in [0.25, 0.3) is 0 Å². The van der Waals surface area contributed by atoms with Gasteiger partial charge in [-0.05, 0) is 51.0 Å². The maximum atomic E-state index is 12.8. The lowest BCUT2D eigenvalue weighted by atomic mass is 9.80. The van der Waals surface area contributed by atoms with E-state index in [4.69, 9.17) is 0 Å². The number of alkyl halides is 3. The van der Waals surface area contributed by atoms with Crippen molar-refractivity contribution in [2.45, 2.75) is 57.2 Å². The number of halogens is 3. The fraction of sp³-hybridized carbons (Fsp3) is 0.938. The van der Waals surface area contributed by atoms with Crippen LogP contribution in [0.1, 0.15) is 44.9 Å². The molecule has 0 radical (unpaired) electrons. The summed E-state index contributed by atoms with van der Waals surface area (Å²) in [5, 5.41) is 2.91. The Labute approximate surface area is 129 Å². The van der Waals surface area contributed by atoms with E-state index in [1.807, 2.05) is 0 Å². The summed E-state index contributed by atoms with van der Waals surface area (Å²) in [6.45, 7) is 2.75. The molecule has 0 spiro atoms. The van der Waals surface area contributed by atoms with Crippen LogP contribution < -0.4 is 5.32 Å². The number of amides is 1. The summed E-state index contributed by atoms with van der Waals surface area (Å²) in [6.07, 6.45) is 0.751. The van der Waals surface area contributed by atoms with E-state index in [2.05, 4.69) is 10.2 Å². The van der Waals surface area contributed by atoms with E-state index in [0.29, 0.717) is 25.3 Å². The molecule has 2 aliphatic carbocycles. The van der Waals surface area contributed by atoms with E-state index in [1.165, 1.54) is 12.8 Å². The van der Waals surface area contributed by atoms with Crippen LogP contribution in [0, 0.1) is 17.8 Å².